The van der Waals surface area contributed by atoms with E-state index in [9.17, 15) is 9.59 Å². The third-order valence-corrected chi connectivity index (χ3v) is 5.00. The van der Waals surface area contributed by atoms with Crippen LogP contribution >= 0.6 is 0 Å². The Morgan fingerprint density at radius 1 is 1.17 bits per heavy atom. The monoisotopic (exact) mass is 399 g/mol. The first kappa shape index (κ1) is 20.9. The van der Waals surface area contributed by atoms with E-state index in [1.165, 1.54) is 5.56 Å². The van der Waals surface area contributed by atoms with Gasteiger partial charge in [-0.15, -0.1) is 0 Å². The number of carbonyl (C=O) groups excluding carboxylic acids is 2. The van der Waals surface area contributed by atoms with Crippen molar-refractivity contribution in [1.82, 2.24) is 20.3 Å². The average Bonchev–Trinajstić information content (AvgIpc) is 3.12. The Kier molecular flexibility index (Phi) is 7.24. The van der Waals surface area contributed by atoms with Crippen LogP contribution in [0.25, 0.3) is 0 Å². The highest BCUT2D eigenvalue weighted by atomic mass is 16.5. The Labute approximate surface area is 171 Å². The Morgan fingerprint density at radius 2 is 1.90 bits per heavy atom. The van der Waals surface area contributed by atoms with Crippen LogP contribution in [0.1, 0.15) is 24.7 Å². The molecule has 1 aliphatic heterocycles. The predicted molar refractivity (Wildman–Crippen MR) is 111 cm³/mol. The Balaban J connectivity index is 1.34. The molecule has 2 heterocycles. The van der Waals surface area contributed by atoms with E-state index in [1.54, 1.807) is 13.0 Å². The minimum absolute atomic E-state index is 0.0345. The van der Waals surface area contributed by atoms with Gasteiger partial charge in [-0.1, -0.05) is 35.5 Å². The molecule has 0 unspecified atom stereocenters. The second-order valence-electron chi connectivity index (χ2n) is 7.51. The summed E-state index contributed by atoms with van der Waals surface area (Å²) in [6.45, 7) is 6.62. The Hall–Kier alpha value is -2.87. The van der Waals surface area contributed by atoms with Crippen molar-refractivity contribution in [3.8, 4) is 0 Å². The van der Waals surface area contributed by atoms with E-state index in [1.807, 2.05) is 34.9 Å². The van der Waals surface area contributed by atoms with Gasteiger partial charge in [0.25, 0.3) is 0 Å². The molecule has 1 aromatic carbocycles. The molecule has 0 aliphatic carbocycles. The normalized spacial score (nSPS) is 15.7. The zero-order valence-electron chi connectivity index (χ0n) is 17.1. The summed E-state index contributed by atoms with van der Waals surface area (Å²) in [6, 6.07) is 12.0. The summed E-state index contributed by atoms with van der Waals surface area (Å²) >= 11 is 0. The van der Waals surface area contributed by atoms with E-state index in [0.29, 0.717) is 37.8 Å². The van der Waals surface area contributed by atoms with Crippen LogP contribution < -0.4 is 10.6 Å². The number of aryl methyl sites for hydroxylation is 2. The number of amides is 3. The summed E-state index contributed by atoms with van der Waals surface area (Å²) in [5, 5.41) is 9.56. The fourth-order valence-corrected chi connectivity index (χ4v) is 3.32. The molecule has 0 spiro atoms. The molecule has 0 radical (unpaired) electrons. The fourth-order valence-electron chi connectivity index (χ4n) is 3.32. The van der Waals surface area contributed by atoms with Crippen molar-refractivity contribution in [3.05, 3.63) is 47.7 Å². The first-order chi connectivity index (χ1) is 14.0. The number of nitrogens with zero attached hydrogens (tertiary/aromatic N) is 3. The molecule has 1 saturated heterocycles. The molecule has 8 heteroatoms. The molecule has 1 atom stereocenters. The molecule has 3 rings (SSSR count). The first-order valence-electron chi connectivity index (χ1n) is 10.0. The summed E-state index contributed by atoms with van der Waals surface area (Å²) in [7, 11) is 0. The molecular formula is C21H29N5O3. The number of hydrogen-bond acceptors (Lipinski definition) is 5. The van der Waals surface area contributed by atoms with Crippen LogP contribution in [0.2, 0.25) is 0 Å². The van der Waals surface area contributed by atoms with Gasteiger partial charge in [0.05, 0.1) is 6.54 Å². The van der Waals surface area contributed by atoms with Gasteiger partial charge in [0, 0.05) is 38.3 Å². The lowest BCUT2D eigenvalue weighted by molar-refractivity contribution is -0.117. The van der Waals surface area contributed by atoms with Crippen LogP contribution in [0.15, 0.2) is 40.9 Å². The van der Waals surface area contributed by atoms with Gasteiger partial charge in [-0.3, -0.25) is 9.69 Å². The van der Waals surface area contributed by atoms with Crippen molar-refractivity contribution in [1.29, 1.82) is 0 Å². The molecule has 2 aromatic rings. The Morgan fingerprint density at radius 3 is 2.55 bits per heavy atom. The number of benzene rings is 1. The lowest BCUT2D eigenvalue weighted by Gasteiger charge is -2.34. The number of urea groups is 1. The molecule has 156 valence electrons. The second kappa shape index (κ2) is 10.1. The van der Waals surface area contributed by atoms with Crippen LogP contribution in [0, 0.1) is 6.92 Å². The molecular weight excluding hydrogens is 370 g/mol. The van der Waals surface area contributed by atoms with Gasteiger partial charge in [0.15, 0.2) is 5.82 Å². The molecule has 8 nitrogen and oxygen atoms in total. The molecule has 3 amide bonds. The van der Waals surface area contributed by atoms with Crippen molar-refractivity contribution in [3.63, 3.8) is 0 Å². The number of nitrogens with one attached hydrogen (secondary N) is 2. The lowest BCUT2D eigenvalue weighted by atomic mass is 10.1. The van der Waals surface area contributed by atoms with Crippen LogP contribution in [0.5, 0.6) is 0 Å². The number of aromatic nitrogens is 1. The molecule has 1 aliphatic rings. The zero-order chi connectivity index (χ0) is 20.6. The van der Waals surface area contributed by atoms with E-state index in [0.717, 1.165) is 12.8 Å². The number of anilines is 1. The van der Waals surface area contributed by atoms with Crippen LogP contribution in [-0.4, -0.2) is 65.7 Å². The molecule has 29 heavy (non-hydrogen) atoms. The third kappa shape index (κ3) is 6.60. The van der Waals surface area contributed by atoms with Crippen molar-refractivity contribution in [2.45, 2.75) is 32.7 Å². The number of piperazine rings is 1. The van der Waals surface area contributed by atoms with Gasteiger partial charge in [0.2, 0.25) is 5.91 Å². The minimum Gasteiger partial charge on any atom is -0.360 e. The van der Waals surface area contributed by atoms with Gasteiger partial charge in [-0.25, -0.2) is 4.79 Å². The lowest BCUT2D eigenvalue weighted by Crippen LogP contribution is -2.54. The zero-order valence-corrected chi connectivity index (χ0v) is 17.1. The molecule has 1 fully saturated rings. The third-order valence-electron chi connectivity index (χ3n) is 5.00. The van der Waals surface area contributed by atoms with Crippen LogP contribution in [0.4, 0.5) is 10.6 Å². The molecule has 1 aromatic heterocycles. The largest absolute Gasteiger partial charge is 0.360 e. The molecule has 0 saturated carbocycles. The summed E-state index contributed by atoms with van der Waals surface area (Å²) in [4.78, 5) is 28.4. The van der Waals surface area contributed by atoms with Gasteiger partial charge in [-0.2, -0.15) is 0 Å². The predicted octanol–water partition coefficient (Wildman–Crippen LogP) is 2.27. The van der Waals surface area contributed by atoms with E-state index in [2.05, 4.69) is 27.9 Å². The number of rotatable bonds is 7. The van der Waals surface area contributed by atoms with Crippen molar-refractivity contribution < 1.29 is 14.1 Å². The van der Waals surface area contributed by atoms with Gasteiger partial charge in [0.1, 0.15) is 5.76 Å². The number of carbonyl (C=O) groups is 2. The summed E-state index contributed by atoms with van der Waals surface area (Å²) in [5.74, 6) is 0.943. The fraction of sp³-hybridized carbons (Fsp3) is 0.476. The quantitative estimate of drug-likeness (QED) is 0.745. The summed E-state index contributed by atoms with van der Waals surface area (Å²) < 4.78 is 4.94. The molecule has 2 N–H and O–H groups in total. The second-order valence-corrected chi connectivity index (χ2v) is 7.51. The van der Waals surface area contributed by atoms with Crippen molar-refractivity contribution >= 4 is 17.8 Å². The van der Waals surface area contributed by atoms with Gasteiger partial charge < -0.3 is 20.1 Å². The van der Waals surface area contributed by atoms with Gasteiger partial charge in [-0.05, 0) is 32.3 Å². The van der Waals surface area contributed by atoms with Gasteiger partial charge >= 0.3 is 6.03 Å². The smallest absolute Gasteiger partial charge is 0.317 e. The van der Waals surface area contributed by atoms with E-state index in [-0.39, 0.29) is 24.5 Å². The van der Waals surface area contributed by atoms with Crippen molar-refractivity contribution in [2.75, 3.05) is 38.0 Å². The maximum atomic E-state index is 12.5. The maximum Gasteiger partial charge on any atom is 0.317 e. The van der Waals surface area contributed by atoms with E-state index < -0.39 is 0 Å². The standard InChI is InChI=1S/C21H29N5O3/c1-16(8-9-18-6-4-3-5-7-18)22-21(28)26-12-10-25(11-13-26)15-20(27)23-19-14-17(2)29-24-19/h3-7,14,16H,8-13,15H2,1-2H3,(H,22,28)(H,23,24,27)/t16-/m1/s1. The van der Waals surface area contributed by atoms with E-state index >= 15 is 0 Å². The summed E-state index contributed by atoms with van der Waals surface area (Å²) in [6.07, 6.45) is 1.84. The first-order valence-corrected chi connectivity index (χ1v) is 10.0. The highest BCUT2D eigenvalue weighted by molar-refractivity contribution is 5.91. The SMILES string of the molecule is Cc1cc(NC(=O)CN2CCN(C(=O)N[C@H](C)CCc3ccccc3)CC2)no1. The maximum absolute atomic E-state index is 12.5. The highest BCUT2D eigenvalue weighted by Gasteiger charge is 2.23. The highest BCUT2D eigenvalue weighted by Crippen LogP contribution is 2.09. The topological polar surface area (TPSA) is 90.7 Å². The van der Waals surface area contributed by atoms with Crippen molar-refractivity contribution in [2.24, 2.45) is 0 Å². The molecule has 0 bridgehead atoms. The average molecular weight is 399 g/mol. The van der Waals surface area contributed by atoms with Crippen LogP contribution in [0.3, 0.4) is 0 Å². The number of hydrogen-bond donors (Lipinski definition) is 2. The summed E-state index contributed by atoms with van der Waals surface area (Å²) in [5.41, 5.74) is 1.28. The minimum atomic E-state index is -0.134. The van der Waals surface area contributed by atoms with Crippen LogP contribution in [-0.2, 0) is 11.2 Å². The Bertz CT molecular complexity index is 800. The van der Waals surface area contributed by atoms with E-state index in [4.69, 9.17) is 4.52 Å².